The van der Waals surface area contributed by atoms with Gasteiger partial charge in [-0.25, -0.2) is 0 Å². The van der Waals surface area contributed by atoms with Crippen molar-refractivity contribution in [3.05, 3.63) is 88.7 Å². The highest BCUT2D eigenvalue weighted by Gasteiger charge is 2.25. The Morgan fingerprint density at radius 1 is 0.970 bits per heavy atom. The van der Waals surface area contributed by atoms with E-state index in [9.17, 15) is 10.1 Å². The van der Waals surface area contributed by atoms with Gasteiger partial charge in [0.2, 0.25) is 5.82 Å². The number of nitro groups is 1. The van der Waals surface area contributed by atoms with Crippen molar-refractivity contribution in [1.82, 2.24) is 20.0 Å². The van der Waals surface area contributed by atoms with Gasteiger partial charge in [0, 0.05) is 56.7 Å². The molecule has 1 aliphatic heterocycles. The van der Waals surface area contributed by atoms with Crippen molar-refractivity contribution >= 4 is 11.4 Å². The lowest BCUT2D eigenvalue weighted by Gasteiger charge is -2.35. The molecule has 0 unspecified atom stereocenters. The molecule has 0 spiro atoms. The molecule has 0 amide bonds. The molecule has 2 aromatic carbocycles. The highest BCUT2D eigenvalue weighted by molar-refractivity contribution is 5.72. The minimum Gasteiger partial charge on any atom is -0.363 e. The zero-order valence-electron chi connectivity index (χ0n) is 17.9. The van der Waals surface area contributed by atoms with Crippen molar-refractivity contribution in [1.29, 1.82) is 0 Å². The first-order chi connectivity index (χ1) is 16.2. The first kappa shape index (κ1) is 20.8. The second kappa shape index (κ2) is 9.17. The number of pyridine rings is 1. The summed E-state index contributed by atoms with van der Waals surface area (Å²) in [6.45, 7) is 4.01. The maximum absolute atomic E-state index is 11.9. The molecule has 3 heterocycles. The van der Waals surface area contributed by atoms with E-state index in [1.807, 2.05) is 24.3 Å². The second-order valence-electron chi connectivity index (χ2n) is 7.87. The van der Waals surface area contributed by atoms with E-state index in [1.54, 1.807) is 30.6 Å². The van der Waals surface area contributed by atoms with Crippen LogP contribution in [0.15, 0.2) is 77.6 Å². The Morgan fingerprint density at radius 3 is 2.52 bits per heavy atom. The molecule has 9 heteroatoms. The molecule has 4 aromatic rings. The maximum atomic E-state index is 11.9. The van der Waals surface area contributed by atoms with Crippen LogP contribution in [0.3, 0.4) is 0 Å². The molecule has 5 rings (SSSR count). The summed E-state index contributed by atoms with van der Waals surface area (Å²) in [7, 11) is 0. The average Bonchev–Trinajstić information content (AvgIpc) is 3.36. The van der Waals surface area contributed by atoms with Gasteiger partial charge in [0.05, 0.1) is 10.5 Å². The normalized spacial score (nSPS) is 14.4. The molecule has 1 fully saturated rings. The van der Waals surface area contributed by atoms with E-state index >= 15 is 0 Å². The van der Waals surface area contributed by atoms with Crippen LogP contribution in [0.2, 0.25) is 0 Å². The van der Waals surface area contributed by atoms with Gasteiger partial charge in [-0.1, -0.05) is 35.5 Å². The van der Waals surface area contributed by atoms with Gasteiger partial charge in [0.1, 0.15) is 5.69 Å². The van der Waals surface area contributed by atoms with E-state index in [2.05, 4.69) is 37.1 Å². The number of nitrogens with zero attached hydrogens (tertiary/aromatic N) is 6. The molecule has 33 heavy (non-hydrogen) atoms. The fraction of sp³-hybridized carbons (Fsp3) is 0.208. The van der Waals surface area contributed by atoms with Gasteiger partial charge in [-0.3, -0.25) is 20.0 Å². The number of hydrogen-bond donors (Lipinski definition) is 0. The summed E-state index contributed by atoms with van der Waals surface area (Å²) in [5.41, 5.74) is 3.14. The van der Waals surface area contributed by atoms with E-state index < -0.39 is 0 Å². The predicted molar refractivity (Wildman–Crippen MR) is 124 cm³/mol. The van der Waals surface area contributed by atoms with Crippen LogP contribution in [0.5, 0.6) is 0 Å². The van der Waals surface area contributed by atoms with Gasteiger partial charge < -0.3 is 9.42 Å². The summed E-state index contributed by atoms with van der Waals surface area (Å²) in [4.78, 5) is 24.4. The Morgan fingerprint density at radius 2 is 1.79 bits per heavy atom. The Labute approximate surface area is 190 Å². The summed E-state index contributed by atoms with van der Waals surface area (Å²) in [5.74, 6) is 0.621. The van der Waals surface area contributed by atoms with Crippen molar-refractivity contribution in [3.8, 4) is 22.8 Å². The Kier molecular flexibility index (Phi) is 5.77. The van der Waals surface area contributed by atoms with Gasteiger partial charge >= 0.3 is 0 Å². The van der Waals surface area contributed by atoms with Crippen molar-refractivity contribution in [3.63, 3.8) is 0 Å². The molecule has 0 bridgehead atoms. The van der Waals surface area contributed by atoms with Crippen LogP contribution in [0.1, 0.15) is 5.56 Å². The van der Waals surface area contributed by atoms with E-state index in [0.29, 0.717) is 28.5 Å². The van der Waals surface area contributed by atoms with Crippen molar-refractivity contribution in [2.45, 2.75) is 6.54 Å². The van der Waals surface area contributed by atoms with Gasteiger partial charge in [-0.15, -0.1) is 0 Å². The molecule has 9 nitrogen and oxygen atoms in total. The zero-order valence-corrected chi connectivity index (χ0v) is 17.9. The van der Waals surface area contributed by atoms with E-state index in [4.69, 9.17) is 4.52 Å². The lowest BCUT2D eigenvalue weighted by molar-refractivity contribution is -0.384. The summed E-state index contributed by atoms with van der Waals surface area (Å²) >= 11 is 0. The quantitative estimate of drug-likeness (QED) is 0.326. The first-order valence-electron chi connectivity index (χ1n) is 10.7. The summed E-state index contributed by atoms with van der Waals surface area (Å²) in [5, 5.41) is 15.9. The zero-order chi connectivity index (χ0) is 22.6. The van der Waals surface area contributed by atoms with Crippen LogP contribution >= 0.6 is 0 Å². The SMILES string of the molecule is O=[N+]([O-])c1cc(-c2noc(-c3cccnc3)n2)ccc1N1CCN(Cc2ccccc2)CC1. The summed E-state index contributed by atoms with van der Waals surface area (Å²) in [6.07, 6.45) is 3.28. The number of anilines is 1. The second-order valence-corrected chi connectivity index (χ2v) is 7.87. The Hall–Kier alpha value is -4.11. The smallest absolute Gasteiger partial charge is 0.293 e. The third-order valence-electron chi connectivity index (χ3n) is 5.73. The largest absolute Gasteiger partial charge is 0.363 e. The molecular weight excluding hydrogens is 420 g/mol. The lowest BCUT2D eigenvalue weighted by atomic mass is 10.1. The van der Waals surface area contributed by atoms with Crippen molar-refractivity contribution in [2.75, 3.05) is 31.1 Å². The van der Waals surface area contributed by atoms with Crippen LogP contribution < -0.4 is 4.90 Å². The number of hydrogen-bond acceptors (Lipinski definition) is 8. The predicted octanol–water partition coefficient (Wildman–Crippen LogP) is 4.03. The molecule has 0 atom stereocenters. The topological polar surface area (TPSA) is 101 Å². The molecule has 0 N–H and O–H groups in total. The summed E-state index contributed by atoms with van der Waals surface area (Å²) < 4.78 is 5.33. The third-order valence-corrected chi connectivity index (χ3v) is 5.73. The lowest BCUT2D eigenvalue weighted by Crippen LogP contribution is -2.46. The number of aromatic nitrogens is 3. The van der Waals surface area contributed by atoms with Crippen molar-refractivity contribution < 1.29 is 9.45 Å². The molecule has 166 valence electrons. The standard InChI is InChI=1S/C24H22N6O3/c31-30(32)22-15-19(23-26-24(33-27-23)20-7-4-10-25-16-20)8-9-21(22)29-13-11-28(12-14-29)17-18-5-2-1-3-6-18/h1-10,15-16H,11-14,17H2. The minimum absolute atomic E-state index is 0.0386. The molecule has 1 saturated heterocycles. The van der Waals surface area contributed by atoms with Gasteiger partial charge in [0.15, 0.2) is 0 Å². The molecule has 2 aromatic heterocycles. The molecule has 0 saturated carbocycles. The molecule has 1 aliphatic rings. The fourth-order valence-corrected chi connectivity index (χ4v) is 4.01. The Balaban J connectivity index is 1.33. The van der Waals surface area contributed by atoms with E-state index in [1.165, 1.54) is 11.6 Å². The molecular formula is C24H22N6O3. The first-order valence-corrected chi connectivity index (χ1v) is 10.7. The van der Waals surface area contributed by atoms with Crippen LogP contribution in [-0.2, 0) is 6.54 Å². The molecule has 0 radical (unpaired) electrons. The highest BCUT2D eigenvalue weighted by atomic mass is 16.6. The van der Waals surface area contributed by atoms with Gasteiger partial charge in [-0.05, 0) is 29.8 Å². The average molecular weight is 442 g/mol. The van der Waals surface area contributed by atoms with E-state index in [0.717, 1.165) is 32.7 Å². The van der Waals surface area contributed by atoms with Crippen LogP contribution in [0, 0.1) is 10.1 Å². The van der Waals surface area contributed by atoms with Crippen LogP contribution in [0.25, 0.3) is 22.8 Å². The number of rotatable bonds is 6. The van der Waals surface area contributed by atoms with E-state index in [-0.39, 0.29) is 10.6 Å². The van der Waals surface area contributed by atoms with Gasteiger partial charge in [-0.2, -0.15) is 4.98 Å². The Bertz CT molecular complexity index is 1240. The third kappa shape index (κ3) is 4.58. The van der Waals surface area contributed by atoms with Crippen molar-refractivity contribution in [2.24, 2.45) is 0 Å². The summed E-state index contributed by atoms with van der Waals surface area (Å²) in [6, 6.07) is 19.0. The van der Waals surface area contributed by atoms with Crippen LogP contribution in [0.4, 0.5) is 11.4 Å². The number of nitro benzene ring substituents is 1. The number of piperazine rings is 1. The van der Waals surface area contributed by atoms with Gasteiger partial charge in [0.25, 0.3) is 11.6 Å². The monoisotopic (exact) mass is 442 g/mol. The van der Waals surface area contributed by atoms with Crippen LogP contribution in [-0.4, -0.2) is 51.1 Å². The highest BCUT2D eigenvalue weighted by Crippen LogP contribution is 2.33. The molecule has 0 aliphatic carbocycles. The maximum Gasteiger partial charge on any atom is 0.293 e. The minimum atomic E-state index is -0.350. The number of benzene rings is 2. The fourth-order valence-electron chi connectivity index (χ4n) is 4.01.